The van der Waals surface area contributed by atoms with E-state index in [1.54, 1.807) is 0 Å². The minimum atomic E-state index is 0.200. The number of nitrogens with zero attached hydrogens (tertiary/aromatic N) is 4. The van der Waals surface area contributed by atoms with Crippen molar-refractivity contribution in [2.45, 2.75) is 123 Å². The zero-order chi connectivity index (χ0) is 27.5. The molecule has 3 N–H and O–H groups in total. The van der Waals surface area contributed by atoms with E-state index < -0.39 is 0 Å². The SMILES string of the molecule is CCCCCc1nc(N)nc(NC(CCC)CCCN(C)C(C)(C)C)c1CCCN1Cc2ccccc2C1. The lowest BCUT2D eigenvalue weighted by Crippen LogP contribution is -2.39. The number of aromatic nitrogens is 2. The van der Waals surface area contributed by atoms with Gasteiger partial charge in [-0.2, -0.15) is 4.98 Å². The van der Waals surface area contributed by atoms with Crippen LogP contribution < -0.4 is 11.1 Å². The number of nitrogen functional groups attached to an aromatic ring is 1. The van der Waals surface area contributed by atoms with E-state index >= 15 is 0 Å². The summed E-state index contributed by atoms with van der Waals surface area (Å²) in [6, 6.07) is 9.25. The number of nitrogens with two attached hydrogens (primary N) is 1. The van der Waals surface area contributed by atoms with Gasteiger partial charge in [-0.1, -0.05) is 57.4 Å². The zero-order valence-electron chi connectivity index (χ0n) is 25.2. The van der Waals surface area contributed by atoms with Crippen LogP contribution in [0.3, 0.4) is 0 Å². The van der Waals surface area contributed by atoms with E-state index in [-0.39, 0.29) is 5.54 Å². The number of rotatable bonds is 16. The molecule has 6 nitrogen and oxygen atoms in total. The van der Waals surface area contributed by atoms with Gasteiger partial charge in [0.15, 0.2) is 0 Å². The van der Waals surface area contributed by atoms with Crippen molar-refractivity contribution in [3.63, 3.8) is 0 Å². The Kier molecular flexibility index (Phi) is 11.9. The van der Waals surface area contributed by atoms with E-state index in [1.165, 1.54) is 36.0 Å². The van der Waals surface area contributed by atoms with Gasteiger partial charge in [0, 0.05) is 30.2 Å². The van der Waals surface area contributed by atoms with Gasteiger partial charge in [0.05, 0.1) is 5.69 Å². The fourth-order valence-electron chi connectivity index (χ4n) is 5.46. The highest BCUT2D eigenvalue weighted by molar-refractivity contribution is 5.50. The monoisotopic (exact) mass is 522 g/mol. The predicted molar refractivity (Wildman–Crippen MR) is 162 cm³/mol. The molecule has 2 heterocycles. The van der Waals surface area contributed by atoms with Gasteiger partial charge >= 0.3 is 0 Å². The summed E-state index contributed by atoms with van der Waals surface area (Å²) < 4.78 is 0. The molecule has 1 aliphatic rings. The summed E-state index contributed by atoms with van der Waals surface area (Å²) in [6.07, 6.45) is 11.2. The second-order valence-corrected chi connectivity index (χ2v) is 12.3. The first-order chi connectivity index (χ1) is 18.2. The van der Waals surface area contributed by atoms with Crippen LogP contribution in [-0.4, -0.2) is 51.5 Å². The zero-order valence-corrected chi connectivity index (χ0v) is 25.2. The summed E-state index contributed by atoms with van der Waals surface area (Å²) >= 11 is 0. The standard InChI is InChI=1S/C32H54N6/c1-7-9-10-20-29-28(19-14-22-38-23-25-16-11-12-17-26(25)24-38)30(36-31(33)35-29)34-27(15-8-2)18-13-21-37(6)32(3,4)5/h11-12,16-17,27H,7-10,13-15,18-24H2,1-6H3,(H3,33,34,35,36). The largest absolute Gasteiger partial charge is 0.368 e. The number of hydrogen-bond acceptors (Lipinski definition) is 6. The highest BCUT2D eigenvalue weighted by Gasteiger charge is 2.21. The molecule has 0 saturated carbocycles. The molecule has 1 aliphatic heterocycles. The quantitative estimate of drug-likeness (QED) is 0.235. The smallest absolute Gasteiger partial charge is 0.222 e. The fourth-order valence-corrected chi connectivity index (χ4v) is 5.46. The fraction of sp³-hybridized carbons (Fsp3) is 0.688. The van der Waals surface area contributed by atoms with Gasteiger partial charge in [0.2, 0.25) is 5.95 Å². The summed E-state index contributed by atoms with van der Waals surface area (Å²) in [4.78, 5) is 14.6. The summed E-state index contributed by atoms with van der Waals surface area (Å²) in [5.41, 5.74) is 11.9. The van der Waals surface area contributed by atoms with E-state index in [2.05, 4.69) is 81.0 Å². The molecule has 1 aromatic carbocycles. The van der Waals surface area contributed by atoms with Crippen molar-refractivity contribution < 1.29 is 0 Å². The van der Waals surface area contributed by atoms with Crippen molar-refractivity contribution >= 4 is 11.8 Å². The Morgan fingerprint density at radius 2 is 1.66 bits per heavy atom. The van der Waals surface area contributed by atoms with E-state index in [0.717, 1.165) is 82.6 Å². The Balaban J connectivity index is 1.69. The van der Waals surface area contributed by atoms with Crippen LogP contribution in [0.15, 0.2) is 24.3 Å². The van der Waals surface area contributed by atoms with E-state index in [0.29, 0.717) is 12.0 Å². The van der Waals surface area contributed by atoms with E-state index in [1.807, 2.05) is 0 Å². The number of aryl methyl sites for hydroxylation is 1. The molecule has 1 aromatic heterocycles. The van der Waals surface area contributed by atoms with Crippen LogP contribution in [0.2, 0.25) is 0 Å². The summed E-state index contributed by atoms with van der Waals surface area (Å²) in [6.45, 7) is 15.7. The summed E-state index contributed by atoms with van der Waals surface area (Å²) in [5.74, 6) is 1.39. The Labute approximate surface area is 232 Å². The lowest BCUT2D eigenvalue weighted by molar-refractivity contribution is 0.171. The number of benzene rings is 1. The van der Waals surface area contributed by atoms with Crippen LogP contribution in [-0.2, 0) is 25.9 Å². The molecule has 3 rings (SSSR count). The number of unbranched alkanes of at least 4 members (excludes halogenated alkanes) is 2. The number of hydrogen-bond donors (Lipinski definition) is 2. The van der Waals surface area contributed by atoms with Gasteiger partial charge in [-0.25, -0.2) is 4.98 Å². The van der Waals surface area contributed by atoms with Crippen molar-refractivity contribution in [1.82, 2.24) is 19.8 Å². The average molecular weight is 523 g/mol. The van der Waals surface area contributed by atoms with Crippen molar-refractivity contribution in [3.05, 3.63) is 46.6 Å². The molecule has 6 heteroatoms. The van der Waals surface area contributed by atoms with Crippen LogP contribution in [0.25, 0.3) is 0 Å². The lowest BCUT2D eigenvalue weighted by atomic mass is 10.0. The first-order valence-electron chi connectivity index (χ1n) is 15.1. The maximum absolute atomic E-state index is 6.27. The average Bonchev–Trinajstić information content (AvgIpc) is 3.28. The van der Waals surface area contributed by atoms with Gasteiger partial charge in [-0.15, -0.1) is 0 Å². The minimum absolute atomic E-state index is 0.200. The third-order valence-corrected chi connectivity index (χ3v) is 8.10. The Morgan fingerprint density at radius 3 is 2.29 bits per heavy atom. The van der Waals surface area contributed by atoms with Gasteiger partial charge in [-0.3, -0.25) is 4.90 Å². The predicted octanol–water partition coefficient (Wildman–Crippen LogP) is 6.83. The molecule has 0 amide bonds. The summed E-state index contributed by atoms with van der Waals surface area (Å²) in [7, 11) is 2.23. The minimum Gasteiger partial charge on any atom is -0.368 e. The highest BCUT2D eigenvalue weighted by atomic mass is 15.2. The molecule has 2 aromatic rings. The van der Waals surface area contributed by atoms with Crippen molar-refractivity contribution in [3.8, 4) is 0 Å². The third kappa shape index (κ3) is 9.23. The Bertz CT molecular complexity index is 957. The third-order valence-electron chi connectivity index (χ3n) is 8.10. The maximum atomic E-state index is 6.27. The van der Waals surface area contributed by atoms with E-state index in [9.17, 15) is 0 Å². The second-order valence-electron chi connectivity index (χ2n) is 12.3. The lowest BCUT2D eigenvalue weighted by Gasteiger charge is -2.32. The molecule has 0 fully saturated rings. The molecule has 212 valence electrons. The van der Waals surface area contributed by atoms with Gasteiger partial charge < -0.3 is 16.0 Å². The topological polar surface area (TPSA) is 70.3 Å². The van der Waals surface area contributed by atoms with E-state index in [4.69, 9.17) is 15.7 Å². The highest BCUT2D eigenvalue weighted by Crippen LogP contribution is 2.26. The molecule has 0 spiro atoms. The van der Waals surface area contributed by atoms with Gasteiger partial charge in [0.1, 0.15) is 5.82 Å². The number of fused-ring (bicyclic) bond motifs is 1. The molecule has 38 heavy (non-hydrogen) atoms. The van der Waals surface area contributed by atoms with Crippen LogP contribution in [0.5, 0.6) is 0 Å². The maximum Gasteiger partial charge on any atom is 0.222 e. The molecule has 0 saturated heterocycles. The van der Waals surface area contributed by atoms with Gasteiger partial charge in [0.25, 0.3) is 0 Å². The summed E-state index contributed by atoms with van der Waals surface area (Å²) in [5, 5.41) is 3.86. The Hall–Kier alpha value is -2.18. The normalized spacial score (nSPS) is 14.7. The van der Waals surface area contributed by atoms with Crippen molar-refractivity contribution in [2.24, 2.45) is 0 Å². The molecular weight excluding hydrogens is 468 g/mol. The first-order valence-corrected chi connectivity index (χ1v) is 15.1. The van der Waals surface area contributed by atoms with Gasteiger partial charge in [-0.05, 0) is 97.0 Å². The van der Waals surface area contributed by atoms with Crippen LogP contribution >= 0.6 is 0 Å². The van der Waals surface area contributed by atoms with Crippen LogP contribution in [0.4, 0.5) is 11.8 Å². The molecule has 0 bridgehead atoms. The molecule has 0 radical (unpaired) electrons. The number of anilines is 2. The van der Waals surface area contributed by atoms with Crippen LogP contribution in [0, 0.1) is 0 Å². The number of nitrogens with one attached hydrogen (secondary N) is 1. The van der Waals surface area contributed by atoms with Crippen molar-refractivity contribution in [2.75, 3.05) is 31.2 Å². The van der Waals surface area contributed by atoms with Crippen LogP contribution in [0.1, 0.15) is 108 Å². The molecule has 1 atom stereocenters. The molecular formula is C32H54N6. The molecule has 1 unspecified atom stereocenters. The molecule has 0 aliphatic carbocycles. The second kappa shape index (κ2) is 14.8. The first kappa shape index (κ1) is 30.4. The Morgan fingerprint density at radius 1 is 0.947 bits per heavy atom. The van der Waals surface area contributed by atoms with Crippen molar-refractivity contribution in [1.29, 1.82) is 0 Å².